The number of halogens is 1. The van der Waals surface area contributed by atoms with E-state index in [0.29, 0.717) is 5.69 Å². The highest BCUT2D eigenvalue weighted by Gasteiger charge is 2.18. The Hall–Kier alpha value is -1.24. The van der Waals surface area contributed by atoms with Crippen LogP contribution >= 0.6 is 15.9 Å². The predicted octanol–water partition coefficient (Wildman–Crippen LogP) is 2.88. The second-order valence-corrected chi connectivity index (χ2v) is 6.68. The van der Waals surface area contributed by atoms with Crippen LogP contribution in [-0.2, 0) is 10.0 Å². The van der Waals surface area contributed by atoms with Gasteiger partial charge in [0, 0.05) is 10.7 Å². The molecule has 4 nitrogen and oxygen atoms in total. The molecule has 2 rings (SSSR count). The zero-order chi connectivity index (χ0) is 13.9. The molecule has 0 aliphatic carbocycles. The van der Waals surface area contributed by atoms with E-state index in [4.69, 9.17) is 0 Å². The number of hydrogen-bond donors (Lipinski definition) is 1. The van der Waals surface area contributed by atoms with E-state index in [1.54, 1.807) is 49.5 Å². The van der Waals surface area contributed by atoms with Crippen molar-refractivity contribution in [2.45, 2.75) is 17.9 Å². The lowest BCUT2D eigenvalue weighted by Crippen LogP contribution is -2.27. The van der Waals surface area contributed by atoms with Crippen LogP contribution in [0, 0.1) is 0 Å². The molecule has 1 atom stereocenters. The van der Waals surface area contributed by atoms with Crippen LogP contribution in [0.15, 0.2) is 58.0 Å². The Morgan fingerprint density at radius 3 is 2.63 bits per heavy atom. The third-order valence-corrected chi connectivity index (χ3v) is 4.60. The minimum atomic E-state index is -3.55. The molecule has 0 fully saturated rings. The molecule has 0 aliphatic rings. The normalized spacial score (nSPS) is 13.2. The Balaban J connectivity index is 2.23. The average molecular weight is 341 g/mol. The summed E-state index contributed by atoms with van der Waals surface area (Å²) in [5.74, 6) is 0. The Morgan fingerprint density at radius 1 is 1.21 bits per heavy atom. The molecule has 0 amide bonds. The molecule has 0 aliphatic heterocycles. The van der Waals surface area contributed by atoms with Crippen LogP contribution in [0.3, 0.4) is 0 Å². The number of sulfonamides is 1. The number of pyridine rings is 1. The summed E-state index contributed by atoms with van der Waals surface area (Å²) in [7, 11) is -3.55. The van der Waals surface area contributed by atoms with Crippen molar-refractivity contribution in [3.05, 3.63) is 58.8 Å². The fraction of sp³-hybridized carbons (Fsp3) is 0.154. The number of benzene rings is 1. The Labute approximate surface area is 121 Å². The molecule has 0 spiro atoms. The minimum absolute atomic E-state index is 0.227. The van der Waals surface area contributed by atoms with Gasteiger partial charge < -0.3 is 0 Å². The van der Waals surface area contributed by atoms with Gasteiger partial charge in [-0.15, -0.1) is 0 Å². The van der Waals surface area contributed by atoms with Crippen LogP contribution in [0.1, 0.15) is 18.7 Å². The predicted molar refractivity (Wildman–Crippen MR) is 77.1 cm³/mol. The van der Waals surface area contributed by atoms with Crippen LogP contribution < -0.4 is 4.72 Å². The molecule has 19 heavy (non-hydrogen) atoms. The summed E-state index contributed by atoms with van der Waals surface area (Å²) in [6.07, 6.45) is 1.64. The van der Waals surface area contributed by atoms with Gasteiger partial charge in [0.25, 0.3) is 0 Å². The first kappa shape index (κ1) is 14.2. The van der Waals surface area contributed by atoms with Gasteiger partial charge in [-0.25, -0.2) is 13.1 Å². The molecule has 0 radical (unpaired) electrons. The lowest BCUT2D eigenvalue weighted by molar-refractivity contribution is 0.564. The summed E-state index contributed by atoms with van der Waals surface area (Å²) in [6, 6.07) is 11.6. The van der Waals surface area contributed by atoms with E-state index in [-0.39, 0.29) is 10.9 Å². The Morgan fingerprint density at radius 2 is 2.00 bits per heavy atom. The molecular formula is C13H13BrN2O2S. The molecule has 0 bridgehead atoms. The maximum absolute atomic E-state index is 12.2. The van der Waals surface area contributed by atoms with Gasteiger partial charge in [-0.05, 0) is 37.3 Å². The number of hydrogen-bond acceptors (Lipinski definition) is 3. The lowest BCUT2D eigenvalue weighted by atomic mass is 10.2. The smallest absolute Gasteiger partial charge is 0.241 e. The summed E-state index contributed by atoms with van der Waals surface area (Å²) < 4.78 is 27.7. The maximum atomic E-state index is 12.2. The first-order chi connectivity index (χ1) is 8.99. The number of nitrogens with zero attached hydrogens (tertiary/aromatic N) is 1. The van der Waals surface area contributed by atoms with Crippen molar-refractivity contribution in [1.29, 1.82) is 0 Å². The van der Waals surface area contributed by atoms with E-state index in [1.165, 1.54) is 0 Å². The summed E-state index contributed by atoms with van der Waals surface area (Å²) in [5.41, 5.74) is 0.682. The SMILES string of the molecule is CC(NS(=O)(=O)c1cccc(Br)c1)c1ccccn1. The molecule has 6 heteroatoms. The summed E-state index contributed by atoms with van der Waals surface area (Å²) in [6.45, 7) is 1.76. The third-order valence-electron chi connectivity index (χ3n) is 2.57. The number of rotatable bonds is 4. The van der Waals surface area contributed by atoms with Gasteiger partial charge in [-0.3, -0.25) is 4.98 Å². The van der Waals surface area contributed by atoms with E-state index in [2.05, 4.69) is 25.6 Å². The highest BCUT2D eigenvalue weighted by atomic mass is 79.9. The highest BCUT2D eigenvalue weighted by Crippen LogP contribution is 2.18. The quantitative estimate of drug-likeness (QED) is 0.930. The molecule has 100 valence electrons. The first-order valence-corrected chi connectivity index (χ1v) is 7.95. The number of aromatic nitrogens is 1. The van der Waals surface area contributed by atoms with Crippen molar-refractivity contribution in [3.8, 4) is 0 Å². The minimum Gasteiger partial charge on any atom is -0.260 e. The topological polar surface area (TPSA) is 59.1 Å². The zero-order valence-electron chi connectivity index (χ0n) is 10.2. The van der Waals surface area contributed by atoms with Gasteiger partial charge in [0.15, 0.2) is 0 Å². The van der Waals surface area contributed by atoms with E-state index in [9.17, 15) is 8.42 Å². The van der Waals surface area contributed by atoms with Crippen molar-refractivity contribution < 1.29 is 8.42 Å². The zero-order valence-corrected chi connectivity index (χ0v) is 12.6. The van der Waals surface area contributed by atoms with Gasteiger partial charge in [0.05, 0.1) is 16.6 Å². The van der Waals surface area contributed by atoms with Crippen molar-refractivity contribution in [2.75, 3.05) is 0 Å². The molecule has 1 N–H and O–H groups in total. The van der Waals surface area contributed by atoms with Crippen molar-refractivity contribution in [1.82, 2.24) is 9.71 Å². The molecule has 1 heterocycles. The number of nitrogens with one attached hydrogen (secondary N) is 1. The van der Waals surface area contributed by atoms with Crippen LogP contribution in [0.4, 0.5) is 0 Å². The molecule has 0 saturated heterocycles. The first-order valence-electron chi connectivity index (χ1n) is 5.68. The highest BCUT2D eigenvalue weighted by molar-refractivity contribution is 9.10. The molecule has 1 aromatic heterocycles. The van der Waals surface area contributed by atoms with Crippen molar-refractivity contribution in [3.63, 3.8) is 0 Å². The fourth-order valence-corrected chi connectivity index (χ4v) is 3.44. The molecule has 1 aromatic carbocycles. The van der Waals surface area contributed by atoms with E-state index >= 15 is 0 Å². The van der Waals surface area contributed by atoms with Gasteiger partial charge in [0.1, 0.15) is 0 Å². The van der Waals surface area contributed by atoms with Crippen molar-refractivity contribution in [2.24, 2.45) is 0 Å². The summed E-state index contributed by atoms with van der Waals surface area (Å²) in [4.78, 5) is 4.36. The van der Waals surface area contributed by atoms with Crippen LogP contribution in [0.2, 0.25) is 0 Å². The van der Waals surface area contributed by atoms with Gasteiger partial charge in [-0.2, -0.15) is 0 Å². The summed E-state index contributed by atoms with van der Waals surface area (Å²) >= 11 is 3.26. The Bertz CT molecular complexity index is 659. The van der Waals surface area contributed by atoms with Crippen LogP contribution in [-0.4, -0.2) is 13.4 Å². The van der Waals surface area contributed by atoms with E-state index in [1.807, 2.05) is 6.07 Å². The molecule has 1 unspecified atom stereocenters. The van der Waals surface area contributed by atoms with E-state index < -0.39 is 10.0 Å². The Kier molecular flexibility index (Phi) is 4.34. The lowest BCUT2D eigenvalue weighted by Gasteiger charge is -2.13. The largest absolute Gasteiger partial charge is 0.260 e. The fourth-order valence-electron chi connectivity index (χ4n) is 1.63. The molecular weight excluding hydrogens is 328 g/mol. The van der Waals surface area contributed by atoms with Gasteiger partial charge in [0.2, 0.25) is 10.0 Å². The summed E-state index contributed by atoms with van der Waals surface area (Å²) in [5, 5.41) is 0. The standard InChI is InChI=1S/C13H13BrN2O2S/c1-10(13-7-2-3-8-15-13)16-19(17,18)12-6-4-5-11(14)9-12/h2-10,16H,1H3. The van der Waals surface area contributed by atoms with E-state index in [0.717, 1.165) is 4.47 Å². The van der Waals surface area contributed by atoms with Crippen LogP contribution in [0.25, 0.3) is 0 Å². The van der Waals surface area contributed by atoms with Gasteiger partial charge in [-0.1, -0.05) is 28.1 Å². The monoisotopic (exact) mass is 340 g/mol. The molecule has 2 aromatic rings. The van der Waals surface area contributed by atoms with Crippen LogP contribution in [0.5, 0.6) is 0 Å². The molecule has 0 saturated carbocycles. The maximum Gasteiger partial charge on any atom is 0.241 e. The second kappa shape index (κ2) is 5.81. The van der Waals surface area contributed by atoms with Gasteiger partial charge >= 0.3 is 0 Å². The van der Waals surface area contributed by atoms with Crippen molar-refractivity contribution >= 4 is 26.0 Å². The third kappa shape index (κ3) is 3.62. The second-order valence-electron chi connectivity index (χ2n) is 4.05. The average Bonchev–Trinajstić information content (AvgIpc) is 2.39.